The first-order valence-corrected chi connectivity index (χ1v) is 8.84. The van der Waals surface area contributed by atoms with Crippen LogP contribution < -0.4 is 11.2 Å². The predicted octanol–water partition coefficient (Wildman–Crippen LogP) is 1.05. The zero-order chi connectivity index (χ0) is 19.8. The number of aromatic amines is 1. The van der Waals surface area contributed by atoms with Gasteiger partial charge in [-0.2, -0.15) is 0 Å². The molecule has 10 heteroatoms. The van der Waals surface area contributed by atoms with E-state index in [0.29, 0.717) is 30.6 Å². The number of likely N-dealkylation sites (N-methyl/N-ethyl adjacent to an activating group) is 1. The van der Waals surface area contributed by atoms with Gasteiger partial charge in [-0.1, -0.05) is 11.2 Å². The number of hydrogen-bond acceptors (Lipinski definition) is 6. The minimum atomic E-state index is -2.40. The maximum absolute atomic E-state index is 13.2. The molecule has 0 radical (unpaired) electrons. The van der Waals surface area contributed by atoms with Crippen LogP contribution in [0, 0.1) is 0 Å². The highest BCUT2D eigenvalue weighted by atomic mass is 19.3. The number of halogens is 2. The molecule has 3 heterocycles. The number of nitrogens with one attached hydrogen (secondary N) is 1. The largest absolute Gasteiger partial charge is 0.354 e. The lowest BCUT2D eigenvalue weighted by Crippen LogP contribution is -2.53. The summed E-state index contributed by atoms with van der Waals surface area (Å²) in [6, 6.07) is 5.85. The van der Waals surface area contributed by atoms with Crippen LogP contribution in [0.3, 0.4) is 0 Å². The van der Waals surface area contributed by atoms with E-state index in [-0.39, 0.29) is 12.4 Å². The lowest BCUT2D eigenvalue weighted by Gasteiger charge is -2.39. The highest BCUT2D eigenvalue weighted by molar-refractivity contribution is 5.84. The monoisotopic (exact) mass is 391 g/mol. The first kappa shape index (κ1) is 18.5. The lowest BCUT2D eigenvalue weighted by molar-refractivity contribution is -0.0136. The molecule has 1 fully saturated rings. The average molecular weight is 391 g/mol. The van der Waals surface area contributed by atoms with Crippen molar-refractivity contribution in [2.45, 2.75) is 19.0 Å². The molecule has 0 aliphatic carbocycles. The molecular formula is C18H19F2N5O3. The summed E-state index contributed by atoms with van der Waals surface area (Å²) in [6.07, 6.45) is -1.06. The van der Waals surface area contributed by atoms with Crippen LogP contribution in [0.15, 0.2) is 44.6 Å². The van der Waals surface area contributed by atoms with Gasteiger partial charge in [0.15, 0.2) is 11.4 Å². The van der Waals surface area contributed by atoms with Crippen molar-refractivity contribution in [1.82, 2.24) is 24.5 Å². The van der Waals surface area contributed by atoms with Crippen molar-refractivity contribution in [3.05, 3.63) is 56.9 Å². The Morgan fingerprint density at radius 3 is 2.86 bits per heavy atom. The minimum Gasteiger partial charge on any atom is -0.354 e. The second kappa shape index (κ2) is 7.28. The smallest absolute Gasteiger partial charge is 0.334 e. The van der Waals surface area contributed by atoms with Crippen LogP contribution in [-0.2, 0) is 6.54 Å². The van der Waals surface area contributed by atoms with E-state index >= 15 is 0 Å². The molecule has 3 aromatic rings. The molecule has 2 aromatic heterocycles. The van der Waals surface area contributed by atoms with Gasteiger partial charge in [0, 0.05) is 38.4 Å². The topological polar surface area (TPSA) is 87.4 Å². The molecule has 1 unspecified atom stereocenters. The van der Waals surface area contributed by atoms with Gasteiger partial charge in [-0.15, -0.1) is 0 Å². The van der Waals surface area contributed by atoms with Gasteiger partial charge in [0.05, 0.1) is 11.4 Å². The average Bonchev–Trinajstić information content (AvgIpc) is 3.06. The van der Waals surface area contributed by atoms with Crippen LogP contribution in [0.25, 0.3) is 16.8 Å². The third-order valence-electron chi connectivity index (χ3n) is 5.04. The molecule has 4 rings (SSSR count). The summed E-state index contributed by atoms with van der Waals surface area (Å²) in [5, 5.41) is 4.54. The van der Waals surface area contributed by atoms with Crippen LogP contribution in [-0.4, -0.2) is 63.7 Å². The summed E-state index contributed by atoms with van der Waals surface area (Å²) in [6.45, 7) is 2.04. The molecular weight excluding hydrogens is 372 g/mol. The van der Waals surface area contributed by atoms with Crippen molar-refractivity contribution in [2.24, 2.45) is 0 Å². The van der Waals surface area contributed by atoms with Crippen LogP contribution in [0.2, 0.25) is 0 Å². The standard InChI is InChI=1S/C18H19F2N5O3/c1-23-6-7-24(10-13(23)16(19)20)9-11-2-3-14-12(8-11)17(22-28-14)25-5-4-15(26)21-18(25)27/h2-5,8,13,16H,6-7,9-10H2,1H3,(H,21,26,27). The Balaban J connectivity index is 1.63. The number of nitrogens with zero attached hydrogens (tertiary/aromatic N) is 4. The molecule has 1 atom stereocenters. The number of fused-ring (bicyclic) bond motifs is 1. The first-order chi connectivity index (χ1) is 13.4. The van der Waals surface area contributed by atoms with Gasteiger partial charge in [-0.05, 0) is 24.7 Å². The van der Waals surface area contributed by atoms with Gasteiger partial charge in [-0.25, -0.2) is 18.1 Å². The number of benzene rings is 1. The maximum Gasteiger partial charge on any atom is 0.334 e. The molecule has 1 saturated heterocycles. The van der Waals surface area contributed by atoms with E-state index < -0.39 is 23.7 Å². The summed E-state index contributed by atoms with van der Waals surface area (Å²) in [5.41, 5.74) is 0.262. The number of H-pyrrole nitrogens is 1. The Hall–Kier alpha value is -2.85. The SMILES string of the molecule is CN1CCN(Cc2ccc3onc(-n4ccc(=O)[nH]c4=O)c3c2)CC1C(F)F. The lowest BCUT2D eigenvalue weighted by atomic mass is 10.1. The van der Waals surface area contributed by atoms with E-state index in [1.807, 2.05) is 17.0 Å². The van der Waals surface area contributed by atoms with Crippen LogP contribution in [0.1, 0.15) is 5.56 Å². The van der Waals surface area contributed by atoms with E-state index in [2.05, 4.69) is 10.1 Å². The fourth-order valence-corrected chi connectivity index (χ4v) is 3.46. The molecule has 0 saturated carbocycles. The predicted molar refractivity (Wildman–Crippen MR) is 97.9 cm³/mol. The molecule has 148 valence electrons. The zero-order valence-electron chi connectivity index (χ0n) is 15.1. The normalized spacial score (nSPS) is 18.9. The number of alkyl halides is 2. The van der Waals surface area contributed by atoms with E-state index in [0.717, 1.165) is 5.56 Å². The summed E-state index contributed by atoms with van der Waals surface area (Å²) in [4.78, 5) is 29.2. The molecule has 28 heavy (non-hydrogen) atoms. The van der Waals surface area contributed by atoms with E-state index in [9.17, 15) is 18.4 Å². The molecule has 1 aliphatic heterocycles. The number of aromatic nitrogens is 3. The molecule has 1 N–H and O–H groups in total. The summed E-state index contributed by atoms with van der Waals surface area (Å²) < 4.78 is 32.9. The van der Waals surface area contributed by atoms with Crippen molar-refractivity contribution in [2.75, 3.05) is 26.7 Å². The molecule has 0 amide bonds. The third kappa shape index (κ3) is 3.48. The number of rotatable bonds is 4. The highest BCUT2D eigenvalue weighted by Gasteiger charge is 2.31. The first-order valence-electron chi connectivity index (χ1n) is 8.84. The van der Waals surface area contributed by atoms with Crippen molar-refractivity contribution in [3.63, 3.8) is 0 Å². The molecule has 1 aromatic carbocycles. The second-order valence-electron chi connectivity index (χ2n) is 6.93. The van der Waals surface area contributed by atoms with Gasteiger partial charge in [0.1, 0.15) is 0 Å². The van der Waals surface area contributed by atoms with Crippen LogP contribution >= 0.6 is 0 Å². The minimum absolute atomic E-state index is 0.266. The highest BCUT2D eigenvalue weighted by Crippen LogP contribution is 2.24. The zero-order valence-corrected chi connectivity index (χ0v) is 15.1. The van der Waals surface area contributed by atoms with Crippen molar-refractivity contribution < 1.29 is 13.3 Å². The van der Waals surface area contributed by atoms with Gasteiger partial charge >= 0.3 is 5.69 Å². The van der Waals surface area contributed by atoms with E-state index in [4.69, 9.17) is 4.52 Å². The Kier molecular flexibility index (Phi) is 4.82. The van der Waals surface area contributed by atoms with Gasteiger partial charge in [-0.3, -0.25) is 19.6 Å². The summed E-state index contributed by atoms with van der Waals surface area (Å²) in [5.74, 6) is 0.266. The van der Waals surface area contributed by atoms with Crippen molar-refractivity contribution in [1.29, 1.82) is 0 Å². The molecule has 0 bridgehead atoms. The Bertz CT molecular complexity index is 1110. The van der Waals surface area contributed by atoms with Gasteiger partial charge < -0.3 is 4.52 Å². The second-order valence-corrected chi connectivity index (χ2v) is 6.93. The Morgan fingerprint density at radius 2 is 2.11 bits per heavy atom. The molecule has 8 nitrogen and oxygen atoms in total. The van der Waals surface area contributed by atoms with Crippen molar-refractivity contribution >= 4 is 11.0 Å². The summed E-state index contributed by atoms with van der Waals surface area (Å²) >= 11 is 0. The van der Waals surface area contributed by atoms with Crippen LogP contribution in [0.5, 0.6) is 0 Å². The Labute approximate surface area is 158 Å². The fraction of sp³-hybridized carbons (Fsp3) is 0.389. The van der Waals surface area contributed by atoms with E-state index in [1.54, 1.807) is 18.0 Å². The number of hydrogen-bond donors (Lipinski definition) is 1. The van der Waals surface area contributed by atoms with E-state index in [1.165, 1.54) is 16.8 Å². The van der Waals surface area contributed by atoms with Crippen molar-refractivity contribution in [3.8, 4) is 5.82 Å². The maximum atomic E-state index is 13.2. The molecule has 0 spiro atoms. The van der Waals surface area contributed by atoms with Gasteiger partial charge in [0.2, 0.25) is 0 Å². The number of piperazine rings is 1. The quantitative estimate of drug-likeness (QED) is 0.715. The van der Waals surface area contributed by atoms with Gasteiger partial charge in [0.25, 0.3) is 12.0 Å². The fourth-order valence-electron chi connectivity index (χ4n) is 3.46. The Morgan fingerprint density at radius 1 is 1.29 bits per heavy atom. The molecule has 1 aliphatic rings. The summed E-state index contributed by atoms with van der Waals surface area (Å²) in [7, 11) is 1.71. The third-order valence-corrected chi connectivity index (χ3v) is 5.04. The van der Waals surface area contributed by atoms with Crippen LogP contribution in [0.4, 0.5) is 8.78 Å².